The van der Waals surface area contributed by atoms with Gasteiger partial charge in [0.25, 0.3) is 0 Å². The van der Waals surface area contributed by atoms with Crippen LogP contribution in [0.15, 0.2) is 24.4 Å². The molecule has 1 aromatic carbocycles. The molecule has 1 amide bonds. The van der Waals surface area contributed by atoms with Crippen molar-refractivity contribution in [2.45, 2.75) is 32.4 Å². The Labute approximate surface area is 155 Å². The molecule has 8 heteroatoms. The van der Waals surface area contributed by atoms with Gasteiger partial charge in [0.1, 0.15) is 6.73 Å². The van der Waals surface area contributed by atoms with E-state index in [1.165, 1.54) is 4.90 Å². The quantitative estimate of drug-likeness (QED) is 0.619. The minimum Gasteiger partial charge on any atom is -0.465 e. The maximum Gasteiger partial charge on any atom is 0.407 e. The Bertz CT molecular complexity index is 763. The number of nitrogens with zero attached hydrogens (tertiary/aromatic N) is 4. The summed E-state index contributed by atoms with van der Waals surface area (Å²) in [6.07, 6.45) is 1.03. The largest absolute Gasteiger partial charge is 0.465 e. The Balaban J connectivity index is 1.65. The molecule has 0 unspecified atom stereocenters. The molecule has 2 aromatic rings. The molecule has 26 heavy (non-hydrogen) atoms. The minimum absolute atomic E-state index is 0.463. The van der Waals surface area contributed by atoms with Crippen LogP contribution in [0.25, 0.3) is 10.9 Å². The molecule has 142 valence electrons. The molecular weight excluding hydrogens is 348 g/mol. The highest BCUT2D eigenvalue weighted by atomic mass is 28.3. The Morgan fingerprint density at radius 3 is 2.62 bits per heavy atom. The normalized spacial score (nSPS) is 15.7. The molecule has 1 fully saturated rings. The summed E-state index contributed by atoms with van der Waals surface area (Å²) in [6.45, 7) is 10.7. The number of carbonyl (C=O) groups is 1. The van der Waals surface area contributed by atoms with E-state index >= 15 is 0 Å². The third kappa shape index (κ3) is 4.56. The van der Waals surface area contributed by atoms with E-state index in [1.807, 2.05) is 10.9 Å². The van der Waals surface area contributed by atoms with Crippen LogP contribution in [0.1, 0.15) is 0 Å². The second-order valence-electron chi connectivity index (χ2n) is 7.99. The third-order valence-corrected chi connectivity index (χ3v) is 6.46. The molecule has 1 saturated heterocycles. The number of carboxylic acid groups (broad SMARTS) is 1. The van der Waals surface area contributed by atoms with Gasteiger partial charge in [-0.25, -0.2) is 9.48 Å². The summed E-state index contributed by atoms with van der Waals surface area (Å²) >= 11 is 0. The number of benzene rings is 1. The average Bonchev–Trinajstić information content (AvgIpc) is 3.00. The molecule has 2 heterocycles. The van der Waals surface area contributed by atoms with E-state index in [0.29, 0.717) is 32.9 Å². The Morgan fingerprint density at radius 2 is 1.96 bits per heavy atom. The first-order valence-corrected chi connectivity index (χ1v) is 12.8. The van der Waals surface area contributed by atoms with Gasteiger partial charge in [0, 0.05) is 51.9 Å². The van der Waals surface area contributed by atoms with E-state index in [9.17, 15) is 4.79 Å². The van der Waals surface area contributed by atoms with Gasteiger partial charge >= 0.3 is 6.09 Å². The third-order valence-electron chi connectivity index (χ3n) is 4.75. The summed E-state index contributed by atoms with van der Waals surface area (Å²) in [5.74, 6) is 0. The van der Waals surface area contributed by atoms with Gasteiger partial charge in [-0.1, -0.05) is 19.6 Å². The molecular formula is C18H28N4O3Si. The van der Waals surface area contributed by atoms with Crippen molar-refractivity contribution < 1.29 is 14.6 Å². The Kier molecular flexibility index (Phi) is 5.52. The lowest BCUT2D eigenvalue weighted by atomic mass is 10.2. The molecule has 0 saturated carbocycles. The number of fused-ring (bicyclic) bond motifs is 1. The average molecular weight is 377 g/mol. The van der Waals surface area contributed by atoms with E-state index in [-0.39, 0.29) is 0 Å². The van der Waals surface area contributed by atoms with Gasteiger partial charge in [-0.2, -0.15) is 5.10 Å². The molecule has 1 N–H and O–H groups in total. The maximum absolute atomic E-state index is 11.1. The molecule has 1 aromatic heterocycles. The fraction of sp³-hybridized carbons (Fsp3) is 0.556. The fourth-order valence-corrected chi connectivity index (χ4v) is 3.80. The number of ether oxygens (including phenoxy) is 1. The lowest BCUT2D eigenvalue weighted by Crippen LogP contribution is -2.48. The van der Waals surface area contributed by atoms with E-state index in [1.54, 1.807) is 0 Å². The van der Waals surface area contributed by atoms with Gasteiger partial charge < -0.3 is 19.6 Å². The molecule has 1 aliphatic heterocycles. The highest BCUT2D eigenvalue weighted by Gasteiger charge is 2.21. The van der Waals surface area contributed by atoms with Crippen LogP contribution >= 0.6 is 0 Å². The van der Waals surface area contributed by atoms with Crippen LogP contribution in [-0.2, 0) is 11.5 Å². The molecule has 0 aliphatic carbocycles. The highest BCUT2D eigenvalue weighted by molar-refractivity contribution is 6.76. The summed E-state index contributed by atoms with van der Waals surface area (Å²) in [4.78, 5) is 14.7. The first-order chi connectivity index (χ1) is 12.3. The van der Waals surface area contributed by atoms with Crippen LogP contribution in [0, 0.1) is 0 Å². The van der Waals surface area contributed by atoms with Crippen molar-refractivity contribution >= 4 is 30.8 Å². The molecule has 1 aliphatic rings. The smallest absolute Gasteiger partial charge is 0.407 e. The molecule has 3 rings (SSSR count). The zero-order chi connectivity index (χ0) is 18.7. The Hall–Kier alpha value is -2.06. The lowest BCUT2D eigenvalue weighted by Gasteiger charge is -2.34. The van der Waals surface area contributed by atoms with Crippen molar-refractivity contribution in [2.75, 3.05) is 37.7 Å². The van der Waals surface area contributed by atoms with Crippen molar-refractivity contribution in [2.24, 2.45) is 0 Å². The standard InChI is InChI=1S/C18H28N4O3Si/c1-26(2,3)11-10-25-14-22-17-12-16(5-4-15(17)13-19-22)20-6-8-21(9-7-20)18(23)24/h4-5,12-13H,6-11,14H2,1-3H3,(H,23,24). The number of aromatic nitrogens is 2. The summed E-state index contributed by atoms with van der Waals surface area (Å²) in [5.41, 5.74) is 2.16. The Morgan fingerprint density at radius 1 is 1.23 bits per heavy atom. The van der Waals surface area contributed by atoms with Crippen molar-refractivity contribution in [1.29, 1.82) is 0 Å². The van der Waals surface area contributed by atoms with Crippen molar-refractivity contribution in [3.8, 4) is 0 Å². The number of rotatable bonds is 6. The van der Waals surface area contributed by atoms with Crippen LogP contribution in [-0.4, -0.2) is 66.7 Å². The second kappa shape index (κ2) is 7.67. The first-order valence-electron chi connectivity index (χ1n) is 9.10. The van der Waals surface area contributed by atoms with Crippen LogP contribution in [0.2, 0.25) is 25.7 Å². The van der Waals surface area contributed by atoms with Gasteiger partial charge in [0.2, 0.25) is 0 Å². The maximum atomic E-state index is 11.1. The summed E-state index contributed by atoms with van der Waals surface area (Å²) in [7, 11) is -1.09. The predicted octanol–water partition coefficient (Wildman–Crippen LogP) is 3.15. The fourth-order valence-electron chi connectivity index (χ4n) is 3.04. The number of amides is 1. The zero-order valence-electron chi connectivity index (χ0n) is 15.8. The van der Waals surface area contributed by atoms with Gasteiger partial charge in [-0.15, -0.1) is 0 Å². The molecule has 0 bridgehead atoms. The zero-order valence-corrected chi connectivity index (χ0v) is 16.8. The van der Waals surface area contributed by atoms with Crippen LogP contribution in [0.5, 0.6) is 0 Å². The van der Waals surface area contributed by atoms with Gasteiger partial charge in [-0.3, -0.25) is 0 Å². The van der Waals surface area contributed by atoms with Crippen LogP contribution < -0.4 is 4.90 Å². The summed E-state index contributed by atoms with van der Waals surface area (Å²) in [6, 6.07) is 7.42. The lowest BCUT2D eigenvalue weighted by molar-refractivity contribution is 0.0817. The van der Waals surface area contributed by atoms with E-state index in [2.05, 4.69) is 47.8 Å². The van der Waals surface area contributed by atoms with Crippen molar-refractivity contribution in [1.82, 2.24) is 14.7 Å². The van der Waals surface area contributed by atoms with E-state index < -0.39 is 14.2 Å². The number of piperazine rings is 1. The van der Waals surface area contributed by atoms with Crippen LogP contribution in [0.3, 0.4) is 0 Å². The number of hydrogen-bond acceptors (Lipinski definition) is 4. The van der Waals surface area contributed by atoms with Crippen molar-refractivity contribution in [3.63, 3.8) is 0 Å². The molecule has 0 spiro atoms. The van der Waals surface area contributed by atoms with Crippen LogP contribution in [0.4, 0.5) is 10.5 Å². The topological polar surface area (TPSA) is 70.8 Å². The van der Waals surface area contributed by atoms with Gasteiger partial charge in [-0.05, 0) is 24.2 Å². The number of hydrogen-bond donors (Lipinski definition) is 1. The first kappa shape index (κ1) is 18.7. The minimum atomic E-state index is -1.09. The van der Waals surface area contributed by atoms with Gasteiger partial charge in [0.05, 0.1) is 11.7 Å². The summed E-state index contributed by atoms with van der Waals surface area (Å²) < 4.78 is 7.74. The molecule has 0 radical (unpaired) electrons. The second-order valence-corrected chi connectivity index (χ2v) is 13.6. The molecule has 7 nitrogen and oxygen atoms in total. The highest BCUT2D eigenvalue weighted by Crippen LogP contribution is 2.23. The van der Waals surface area contributed by atoms with E-state index in [4.69, 9.17) is 9.84 Å². The molecule has 0 atom stereocenters. The SMILES string of the molecule is C[Si](C)(C)CCOCn1ncc2ccc(N3CCN(C(=O)O)CC3)cc21. The predicted molar refractivity (Wildman–Crippen MR) is 106 cm³/mol. The summed E-state index contributed by atoms with van der Waals surface area (Å²) in [5, 5.41) is 14.6. The van der Waals surface area contributed by atoms with E-state index in [0.717, 1.165) is 29.2 Å². The van der Waals surface area contributed by atoms with Crippen molar-refractivity contribution in [3.05, 3.63) is 24.4 Å². The monoisotopic (exact) mass is 376 g/mol. The number of anilines is 1. The van der Waals surface area contributed by atoms with Gasteiger partial charge in [0.15, 0.2) is 0 Å².